The van der Waals surface area contributed by atoms with Crippen LogP contribution in [-0.4, -0.2) is 25.2 Å². The lowest BCUT2D eigenvalue weighted by atomic mass is 9.83. The Balaban J connectivity index is 2.03. The molecule has 0 aromatic heterocycles. The first-order valence-corrected chi connectivity index (χ1v) is 7.00. The van der Waals surface area contributed by atoms with Gasteiger partial charge in [0.1, 0.15) is 0 Å². The van der Waals surface area contributed by atoms with Crippen LogP contribution in [0.1, 0.15) is 12.8 Å². The molecule has 0 unspecified atom stereocenters. The van der Waals surface area contributed by atoms with E-state index in [-0.39, 0.29) is 11.2 Å². The SMILES string of the molecule is Fc1cccc(OCC2(CBr)CCOCC2)c1F. The molecule has 1 aromatic rings. The molecule has 1 saturated heterocycles. The van der Waals surface area contributed by atoms with Crippen LogP contribution in [0.25, 0.3) is 0 Å². The number of halogens is 3. The summed E-state index contributed by atoms with van der Waals surface area (Å²) in [5, 5.41) is 0.764. The molecule has 0 radical (unpaired) electrons. The maximum Gasteiger partial charge on any atom is 0.200 e. The average molecular weight is 321 g/mol. The molecule has 0 bridgehead atoms. The topological polar surface area (TPSA) is 18.5 Å². The molecule has 5 heteroatoms. The van der Waals surface area contributed by atoms with E-state index in [0.717, 1.165) is 24.2 Å². The van der Waals surface area contributed by atoms with Gasteiger partial charge in [-0.15, -0.1) is 0 Å². The number of rotatable bonds is 4. The van der Waals surface area contributed by atoms with Gasteiger partial charge in [0.05, 0.1) is 6.61 Å². The minimum atomic E-state index is -0.922. The molecule has 1 aromatic carbocycles. The molecule has 0 N–H and O–H groups in total. The molecule has 0 spiro atoms. The van der Waals surface area contributed by atoms with E-state index in [1.165, 1.54) is 12.1 Å². The number of ether oxygens (including phenoxy) is 2. The number of benzene rings is 1. The lowest BCUT2D eigenvalue weighted by Crippen LogP contribution is -2.36. The average Bonchev–Trinajstić information content (AvgIpc) is 2.41. The second-order valence-corrected chi connectivity index (χ2v) is 5.15. The fourth-order valence-corrected chi connectivity index (χ4v) is 2.67. The van der Waals surface area contributed by atoms with Crippen LogP contribution in [0.15, 0.2) is 18.2 Å². The Bertz CT molecular complexity index is 406. The third-order valence-electron chi connectivity index (χ3n) is 3.29. The van der Waals surface area contributed by atoms with Crippen LogP contribution in [-0.2, 0) is 4.74 Å². The van der Waals surface area contributed by atoms with E-state index in [2.05, 4.69) is 15.9 Å². The fourth-order valence-electron chi connectivity index (χ4n) is 1.95. The second-order valence-electron chi connectivity index (χ2n) is 4.59. The van der Waals surface area contributed by atoms with Gasteiger partial charge in [-0.2, -0.15) is 4.39 Å². The smallest absolute Gasteiger partial charge is 0.200 e. The Labute approximate surface area is 113 Å². The summed E-state index contributed by atoms with van der Waals surface area (Å²) >= 11 is 3.47. The highest BCUT2D eigenvalue weighted by Gasteiger charge is 2.32. The Morgan fingerprint density at radius 1 is 1.28 bits per heavy atom. The van der Waals surface area contributed by atoms with Gasteiger partial charge < -0.3 is 9.47 Å². The Morgan fingerprint density at radius 3 is 2.67 bits per heavy atom. The van der Waals surface area contributed by atoms with Gasteiger partial charge in [-0.25, -0.2) is 4.39 Å². The molecule has 1 fully saturated rings. The van der Waals surface area contributed by atoms with Gasteiger partial charge in [-0.1, -0.05) is 22.0 Å². The standard InChI is InChI=1S/C13H15BrF2O2/c14-8-13(4-6-17-7-5-13)9-18-11-3-1-2-10(15)12(11)16/h1-3H,4-9H2. The molecule has 0 atom stereocenters. The molecular weight excluding hydrogens is 306 g/mol. The van der Waals surface area contributed by atoms with Crippen molar-refractivity contribution in [2.45, 2.75) is 12.8 Å². The summed E-state index contributed by atoms with van der Waals surface area (Å²) in [6.07, 6.45) is 1.71. The number of hydrogen-bond donors (Lipinski definition) is 0. The van der Waals surface area contributed by atoms with Gasteiger partial charge >= 0.3 is 0 Å². The molecule has 100 valence electrons. The summed E-state index contributed by atoms with van der Waals surface area (Å²) in [5.74, 6) is -1.83. The van der Waals surface area contributed by atoms with Crippen LogP contribution in [0.3, 0.4) is 0 Å². The van der Waals surface area contributed by atoms with Crippen LogP contribution in [0.4, 0.5) is 8.78 Å². The predicted molar refractivity (Wildman–Crippen MR) is 68.1 cm³/mol. The maximum atomic E-state index is 13.4. The molecule has 1 heterocycles. The molecule has 0 amide bonds. The highest BCUT2D eigenvalue weighted by molar-refractivity contribution is 9.09. The van der Waals surface area contributed by atoms with Crippen molar-refractivity contribution in [1.29, 1.82) is 0 Å². The van der Waals surface area contributed by atoms with Crippen molar-refractivity contribution < 1.29 is 18.3 Å². The lowest BCUT2D eigenvalue weighted by Gasteiger charge is -2.35. The molecule has 2 rings (SSSR count). The number of alkyl halides is 1. The molecule has 1 aliphatic rings. The van der Waals surface area contributed by atoms with Crippen LogP contribution in [0, 0.1) is 17.0 Å². The van der Waals surface area contributed by atoms with Gasteiger partial charge in [-0.05, 0) is 25.0 Å². The summed E-state index contributed by atoms with van der Waals surface area (Å²) in [6, 6.07) is 3.97. The van der Waals surface area contributed by atoms with Crippen molar-refractivity contribution >= 4 is 15.9 Å². The first kappa shape index (κ1) is 13.7. The molecule has 1 aliphatic heterocycles. The minimum absolute atomic E-state index is 0.0261. The Hall–Kier alpha value is -0.680. The van der Waals surface area contributed by atoms with Crippen molar-refractivity contribution in [3.05, 3.63) is 29.8 Å². The van der Waals surface area contributed by atoms with E-state index in [9.17, 15) is 8.78 Å². The summed E-state index contributed by atoms with van der Waals surface area (Å²) < 4.78 is 37.2. The minimum Gasteiger partial charge on any atom is -0.490 e. The van der Waals surface area contributed by atoms with Crippen LogP contribution in [0.5, 0.6) is 5.75 Å². The monoisotopic (exact) mass is 320 g/mol. The molecule has 18 heavy (non-hydrogen) atoms. The van der Waals surface area contributed by atoms with E-state index >= 15 is 0 Å². The van der Waals surface area contributed by atoms with Crippen molar-refractivity contribution in [1.82, 2.24) is 0 Å². The Morgan fingerprint density at radius 2 is 2.00 bits per heavy atom. The largest absolute Gasteiger partial charge is 0.490 e. The zero-order valence-corrected chi connectivity index (χ0v) is 11.5. The molecular formula is C13H15BrF2O2. The quantitative estimate of drug-likeness (QED) is 0.790. The van der Waals surface area contributed by atoms with Crippen LogP contribution in [0.2, 0.25) is 0 Å². The van der Waals surface area contributed by atoms with E-state index in [1.807, 2.05) is 0 Å². The van der Waals surface area contributed by atoms with Crippen LogP contribution >= 0.6 is 15.9 Å². The lowest BCUT2D eigenvalue weighted by molar-refractivity contribution is 0.00278. The summed E-state index contributed by atoms with van der Waals surface area (Å²) in [4.78, 5) is 0. The van der Waals surface area contributed by atoms with Crippen LogP contribution < -0.4 is 4.74 Å². The van der Waals surface area contributed by atoms with E-state index < -0.39 is 11.6 Å². The first-order chi connectivity index (χ1) is 8.67. The van der Waals surface area contributed by atoms with Crippen molar-refractivity contribution in [3.8, 4) is 5.75 Å². The molecule has 2 nitrogen and oxygen atoms in total. The van der Waals surface area contributed by atoms with E-state index in [4.69, 9.17) is 9.47 Å². The van der Waals surface area contributed by atoms with E-state index in [1.54, 1.807) is 0 Å². The summed E-state index contributed by atoms with van der Waals surface area (Å²) in [7, 11) is 0. The third-order valence-corrected chi connectivity index (χ3v) is 4.48. The number of hydrogen-bond acceptors (Lipinski definition) is 2. The van der Waals surface area contributed by atoms with Gasteiger partial charge in [0.2, 0.25) is 5.82 Å². The summed E-state index contributed by atoms with van der Waals surface area (Å²) in [5.41, 5.74) is -0.0585. The van der Waals surface area contributed by atoms with Crippen molar-refractivity contribution in [2.24, 2.45) is 5.41 Å². The van der Waals surface area contributed by atoms with Crippen molar-refractivity contribution in [2.75, 3.05) is 25.2 Å². The van der Waals surface area contributed by atoms with Crippen molar-refractivity contribution in [3.63, 3.8) is 0 Å². The van der Waals surface area contributed by atoms with Gasteiger partial charge in [-0.3, -0.25) is 0 Å². The highest BCUT2D eigenvalue weighted by Crippen LogP contribution is 2.33. The molecule has 0 saturated carbocycles. The second kappa shape index (κ2) is 5.97. The maximum absolute atomic E-state index is 13.4. The fraction of sp³-hybridized carbons (Fsp3) is 0.538. The first-order valence-electron chi connectivity index (χ1n) is 5.87. The van der Waals surface area contributed by atoms with E-state index in [0.29, 0.717) is 19.8 Å². The highest BCUT2D eigenvalue weighted by atomic mass is 79.9. The molecule has 0 aliphatic carbocycles. The van der Waals surface area contributed by atoms with Gasteiger partial charge in [0.25, 0.3) is 0 Å². The third kappa shape index (κ3) is 3.01. The van der Waals surface area contributed by atoms with Gasteiger partial charge in [0.15, 0.2) is 11.6 Å². The zero-order valence-electron chi connectivity index (χ0n) is 9.93. The van der Waals surface area contributed by atoms with Gasteiger partial charge in [0, 0.05) is 24.0 Å². The zero-order chi connectivity index (χ0) is 13.0. The predicted octanol–water partition coefficient (Wildman–Crippen LogP) is 3.54. The Kier molecular flexibility index (Phi) is 4.56. The normalized spacial score (nSPS) is 18.6. The summed E-state index contributed by atoms with van der Waals surface area (Å²) in [6.45, 7) is 1.73.